The van der Waals surface area contributed by atoms with Crippen LogP contribution in [0.5, 0.6) is 0 Å². The lowest BCUT2D eigenvalue weighted by Crippen LogP contribution is -2.36. The fourth-order valence-corrected chi connectivity index (χ4v) is 3.84. The second-order valence-corrected chi connectivity index (χ2v) is 7.28. The van der Waals surface area contributed by atoms with E-state index in [-0.39, 0.29) is 0 Å². The van der Waals surface area contributed by atoms with Crippen LogP contribution in [0.1, 0.15) is 72.1 Å². The van der Waals surface area contributed by atoms with Crippen LogP contribution in [-0.4, -0.2) is 13.1 Å². The van der Waals surface area contributed by atoms with Crippen LogP contribution in [0.15, 0.2) is 0 Å². The standard InChI is InChI=1S/C18H35N/c1-4-7-17(14(3)5-2)12-19-13-18(16-10-11-16)15-8-6-9-15/h14-19H,4-13H2,1-3H3/t14-,17-,18?/m0/s1. The first-order chi connectivity index (χ1) is 9.26. The summed E-state index contributed by atoms with van der Waals surface area (Å²) in [4.78, 5) is 0. The summed E-state index contributed by atoms with van der Waals surface area (Å²) in [6.45, 7) is 9.68. The maximum atomic E-state index is 3.86. The fourth-order valence-electron chi connectivity index (χ4n) is 3.84. The average Bonchev–Trinajstić information content (AvgIpc) is 3.17. The minimum Gasteiger partial charge on any atom is -0.316 e. The highest BCUT2D eigenvalue weighted by molar-refractivity contribution is 4.90. The van der Waals surface area contributed by atoms with E-state index in [4.69, 9.17) is 0 Å². The summed E-state index contributed by atoms with van der Waals surface area (Å²) in [7, 11) is 0. The van der Waals surface area contributed by atoms with E-state index in [0.29, 0.717) is 0 Å². The highest BCUT2D eigenvalue weighted by Crippen LogP contribution is 2.46. The van der Waals surface area contributed by atoms with Crippen LogP contribution in [-0.2, 0) is 0 Å². The second kappa shape index (κ2) is 7.67. The van der Waals surface area contributed by atoms with Gasteiger partial charge in [-0.15, -0.1) is 0 Å². The van der Waals surface area contributed by atoms with E-state index in [2.05, 4.69) is 26.1 Å². The zero-order valence-corrected chi connectivity index (χ0v) is 13.5. The van der Waals surface area contributed by atoms with Crippen LogP contribution >= 0.6 is 0 Å². The van der Waals surface area contributed by atoms with Crippen molar-refractivity contribution in [1.82, 2.24) is 5.32 Å². The predicted octanol–water partition coefficient (Wildman–Crippen LogP) is 4.86. The summed E-state index contributed by atoms with van der Waals surface area (Å²) in [5.74, 6) is 4.97. The molecule has 1 nitrogen and oxygen atoms in total. The lowest BCUT2D eigenvalue weighted by molar-refractivity contribution is 0.175. The minimum atomic E-state index is 0.885. The molecule has 0 heterocycles. The Hall–Kier alpha value is -0.0400. The van der Waals surface area contributed by atoms with E-state index in [1.54, 1.807) is 0 Å². The molecule has 0 radical (unpaired) electrons. The predicted molar refractivity (Wildman–Crippen MR) is 84.3 cm³/mol. The summed E-state index contributed by atoms with van der Waals surface area (Å²) in [6, 6.07) is 0. The van der Waals surface area contributed by atoms with E-state index in [9.17, 15) is 0 Å². The summed E-state index contributed by atoms with van der Waals surface area (Å²) in [5, 5.41) is 3.86. The van der Waals surface area contributed by atoms with Crippen molar-refractivity contribution in [2.75, 3.05) is 13.1 Å². The van der Waals surface area contributed by atoms with Crippen molar-refractivity contribution < 1.29 is 0 Å². The van der Waals surface area contributed by atoms with Gasteiger partial charge in [0.05, 0.1) is 0 Å². The Morgan fingerprint density at radius 1 is 1.00 bits per heavy atom. The number of rotatable bonds is 10. The van der Waals surface area contributed by atoms with Crippen molar-refractivity contribution in [1.29, 1.82) is 0 Å². The third-order valence-electron chi connectivity index (χ3n) is 5.88. The Kier molecular flexibility index (Phi) is 6.19. The zero-order chi connectivity index (χ0) is 13.7. The smallest absolute Gasteiger partial charge is 0.00151 e. The van der Waals surface area contributed by atoms with Gasteiger partial charge < -0.3 is 5.32 Å². The third kappa shape index (κ3) is 4.48. The Bertz CT molecular complexity index is 242. The van der Waals surface area contributed by atoms with Crippen molar-refractivity contribution in [3.63, 3.8) is 0 Å². The molecule has 2 fully saturated rings. The quantitative estimate of drug-likeness (QED) is 0.594. The monoisotopic (exact) mass is 265 g/mol. The molecule has 0 bridgehead atoms. The van der Waals surface area contributed by atoms with E-state index >= 15 is 0 Å². The van der Waals surface area contributed by atoms with E-state index in [0.717, 1.165) is 29.6 Å². The van der Waals surface area contributed by atoms with Crippen molar-refractivity contribution in [2.24, 2.45) is 29.6 Å². The molecule has 3 atom stereocenters. The first-order valence-corrected chi connectivity index (χ1v) is 8.96. The second-order valence-electron chi connectivity index (χ2n) is 7.28. The topological polar surface area (TPSA) is 12.0 Å². The highest BCUT2D eigenvalue weighted by atomic mass is 14.9. The molecule has 112 valence electrons. The Morgan fingerprint density at radius 2 is 1.68 bits per heavy atom. The maximum absolute atomic E-state index is 3.86. The molecule has 1 heteroatoms. The van der Waals surface area contributed by atoms with Gasteiger partial charge in [0.1, 0.15) is 0 Å². The van der Waals surface area contributed by atoms with Crippen LogP contribution in [0.4, 0.5) is 0 Å². The maximum Gasteiger partial charge on any atom is -0.00151 e. The SMILES string of the molecule is CCC[C@@H](CNCC(C1CCC1)C1CC1)[C@@H](C)CC. The van der Waals surface area contributed by atoms with Gasteiger partial charge in [-0.3, -0.25) is 0 Å². The van der Waals surface area contributed by atoms with Gasteiger partial charge in [-0.2, -0.15) is 0 Å². The average molecular weight is 265 g/mol. The zero-order valence-electron chi connectivity index (χ0n) is 13.5. The van der Waals surface area contributed by atoms with Gasteiger partial charge >= 0.3 is 0 Å². The molecule has 0 aromatic rings. The molecule has 0 saturated heterocycles. The molecule has 19 heavy (non-hydrogen) atoms. The molecule has 0 aromatic heterocycles. The molecule has 0 amide bonds. The minimum absolute atomic E-state index is 0.885. The molecule has 2 saturated carbocycles. The van der Waals surface area contributed by atoms with Crippen molar-refractivity contribution in [2.45, 2.75) is 72.1 Å². The summed E-state index contributed by atoms with van der Waals surface area (Å²) in [5.41, 5.74) is 0. The van der Waals surface area contributed by atoms with Gasteiger partial charge in [-0.1, -0.05) is 52.9 Å². The molecular weight excluding hydrogens is 230 g/mol. The first kappa shape index (κ1) is 15.4. The molecule has 2 rings (SSSR count). The third-order valence-corrected chi connectivity index (χ3v) is 5.88. The number of nitrogens with one attached hydrogen (secondary N) is 1. The number of hydrogen-bond donors (Lipinski definition) is 1. The molecule has 1 unspecified atom stereocenters. The van der Waals surface area contributed by atoms with E-state index in [1.165, 1.54) is 64.5 Å². The first-order valence-electron chi connectivity index (χ1n) is 8.96. The van der Waals surface area contributed by atoms with Crippen molar-refractivity contribution in [3.05, 3.63) is 0 Å². The van der Waals surface area contributed by atoms with Crippen LogP contribution in [0, 0.1) is 29.6 Å². The van der Waals surface area contributed by atoms with Gasteiger partial charge in [-0.05, 0) is 61.9 Å². The lowest BCUT2D eigenvalue weighted by Gasteiger charge is -2.35. The van der Waals surface area contributed by atoms with Crippen molar-refractivity contribution >= 4 is 0 Å². The van der Waals surface area contributed by atoms with Crippen LogP contribution in [0.2, 0.25) is 0 Å². The van der Waals surface area contributed by atoms with Gasteiger partial charge in [0.15, 0.2) is 0 Å². The van der Waals surface area contributed by atoms with Gasteiger partial charge in [0.25, 0.3) is 0 Å². The largest absolute Gasteiger partial charge is 0.316 e. The summed E-state index contributed by atoms with van der Waals surface area (Å²) >= 11 is 0. The molecule has 0 aromatic carbocycles. The summed E-state index contributed by atoms with van der Waals surface area (Å²) in [6.07, 6.45) is 11.7. The van der Waals surface area contributed by atoms with Crippen molar-refractivity contribution in [3.8, 4) is 0 Å². The Balaban J connectivity index is 1.70. The highest BCUT2D eigenvalue weighted by Gasteiger charge is 2.38. The van der Waals surface area contributed by atoms with E-state index < -0.39 is 0 Å². The lowest BCUT2D eigenvalue weighted by atomic mass is 9.73. The van der Waals surface area contributed by atoms with Gasteiger partial charge in [0.2, 0.25) is 0 Å². The molecule has 0 aliphatic heterocycles. The summed E-state index contributed by atoms with van der Waals surface area (Å²) < 4.78 is 0. The van der Waals surface area contributed by atoms with Crippen LogP contribution < -0.4 is 5.32 Å². The molecule has 2 aliphatic rings. The van der Waals surface area contributed by atoms with E-state index in [1.807, 2.05) is 0 Å². The Labute approximate surface area is 120 Å². The molecular formula is C18H35N. The normalized spacial score (nSPS) is 24.8. The molecule has 1 N–H and O–H groups in total. The van der Waals surface area contributed by atoms with Gasteiger partial charge in [-0.25, -0.2) is 0 Å². The molecule has 2 aliphatic carbocycles. The van der Waals surface area contributed by atoms with Crippen LogP contribution in [0.3, 0.4) is 0 Å². The van der Waals surface area contributed by atoms with Crippen LogP contribution in [0.25, 0.3) is 0 Å². The van der Waals surface area contributed by atoms with Gasteiger partial charge in [0, 0.05) is 0 Å². The number of hydrogen-bond acceptors (Lipinski definition) is 1. The molecule has 0 spiro atoms. The Morgan fingerprint density at radius 3 is 2.16 bits per heavy atom. The fraction of sp³-hybridized carbons (Fsp3) is 1.00.